The lowest BCUT2D eigenvalue weighted by molar-refractivity contribution is -0.137. The van der Waals surface area contributed by atoms with Crippen LogP contribution in [0.1, 0.15) is 22.3 Å². The summed E-state index contributed by atoms with van der Waals surface area (Å²) in [7, 11) is 0. The molecule has 0 aliphatic carbocycles. The molecule has 1 aromatic carbocycles. The molecule has 6 heteroatoms. The highest BCUT2D eigenvalue weighted by atomic mass is 35.5. The fourth-order valence-electron chi connectivity index (χ4n) is 1.63. The van der Waals surface area contributed by atoms with E-state index < -0.39 is 17.1 Å². The van der Waals surface area contributed by atoms with Crippen LogP contribution in [-0.4, -0.2) is 0 Å². The molecular weight excluding hydrogens is 300 g/mol. The average molecular weight is 309 g/mol. The second-order valence-corrected chi connectivity index (χ2v) is 4.91. The van der Waals surface area contributed by atoms with Crippen LogP contribution in [0.2, 0.25) is 5.22 Å². The van der Waals surface area contributed by atoms with Crippen LogP contribution in [0.5, 0.6) is 0 Å². The molecule has 0 amide bonds. The van der Waals surface area contributed by atoms with Crippen LogP contribution in [0.3, 0.4) is 0 Å². The predicted molar refractivity (Wildman–Crippen MR) is 67.5 cm³/mol. The van der Waals surface area contributed by atoms with E-state index in [4.69, 9.17) is 27.6 Å². The monoisotopic (exact) mass is 308 g/mol. The van der Waals surface area contributed by atoms with Crippen molar-refractivity contribution in [1.82, 2.24) is 0 Å². The molecule has 1 atom stereocenters. The molecule has 0 aliphatic heterocycles. The SMILES string of the molecule is FC(F)(F)c1ccc(CC(Cl)c2ccc(Cl)o2)cc1. The molecule has 0 bridgehead atoms. The first kappa shape index (κ1) is 14.3. The standard InChI is InChI=1S/C13H9Cl2F3O/c14-10(11-5-6-12(15)19-11)7-8-1-3-9(4-2-8)13(16,17)18/h1-6,10H,7H2. The minimum atomic E-state index is -4.33. The highest BCUT2D eigenvalue weighted by Crippen LogP contribution is 2.31. The number of halogens is 5. The fraction of sp³-hybridized carbons (Fsp3) is 0.231. The predicted octanol–water partition coefficient (Wildman–Crippen LogP) is 5.47. The molecule has 0 N–H and O–H groups in total. The van der Waals surface area contributed by atoms with Gasteiger partial charge >= 0.3 is 6.18 Å². The van der Waals surface area contributed by atoms with Crippen LogP contribution in [0, 0.1) is 0 Å². The second kappa shape index (κ2) is 5.47. The van der Waals surface area contributed by atoms with Crippen molar-refractivity contribution >= 4 is 23.2 Å². The van der Waals surface area contributed by atoms with Crippen molar-refractivity contribution in [2.45, 2.75) is 18.0 Å². The second-order valence-electron chi connectivity index (χ2n) is 4.01. The molecule has 1 heterocycles. The molecule has 102 valence electrons. The van der Waals surface area contributed by atoms with Gasteiger partial charge in [-0.05, 0) is 47.9 Å². The van der Waals surface area contributed by atoms with Crippen molar-refractivity contribution in [3.05, 3.63) is 58.5 Å². The van der Waals surface area contributed by atoms with Gasteiger partial charge in [0.05, 0.1) is 10.9 Å². The van der Waals surface area contributed by atoms with E-state index in [0.29, 0.717) is 17.7 Å². The van der Waals surface area contributed by atoms with E-state index >= 15 is 0 Å². The number of hydrogen-bond donors (Lipinski definition) is 0. The summed E-state index contributed by atoms with van der Waals surface area (Å²) in [6.07, 6.45) is -3.96. The van der Waals surface area contributed by atoms with E-state index in [9.17, 15) is 13.2 Å². The van der Waals surface area contributed by atoms with Gasteiger partial charge in [-0.1, -0.05) is 12.1 Å². The van der Waals surface area contributed by atoms with Crippen LogP contribution in [0.15, 0.2) is 40.8 Å². The molecule has 0 aliphatic rings. The zero-order valence-electron chi connectivity index (χ0n) is 9.55. The summed E-state index contributed by atoms with van der Waals surface area (Å²) in [5, 5.41) is -0.239. The molecular formula is C13H9Cl2F3O. The Hall–Kier alpha value is -1.13. The van der Waals surface area contributed by atoms with Gasteiger partial charge in [0.25, 0.3) is 0 Å². The van der Waals surface area contributed by atoms with Gasteiger partial charge in [-0.2, -0.15) is 13.2 Å². The summed E-state index contributed by atoms with van der Waals surface area (Å²) >= 11 is 11.7. The zero-order chi connectivity index (χ0) is 14.0. The largest absolute Gasteiger partial charge is 0.448 e. The van der Waals surface area contributed by atoms with Crippen molar-refractivity contribution in [3.63, 3.8) is 0 Å². The molecule has 2 aromatic rings. The van der Waals surface area contributed by atoms with Crippen molar-refractivity contribution in [2.75, 3.05) is 0 Å². The third-order valence-corrected chi connectivity index (χ3v) is 3.17. The van der Waals surface area contributed by atoms with Gasteiger partial charge in [0, 0.05) is 0 Å². The first-order valence-electron chi connectivity index (χ1n) is 5.41. The van der Waals surface area contributed by atoms with E-state index in [0.717, 1.165) is 12.1 Å². The molecule has 1 nitrogen and oxygen atoms in total. The topological polar surface area (TPSA) is 13.1 Å². The molecule has 1 aromatic heterocycles. The number of hydrogen-bond acceptors (Lipinski definition) is 1. The average Bonchev–Trinajstić information content (AvgIpc) is 2.75. The summed E-state index contributed by atoms with van der Waals surface area (Å²) in [5.41, 5.74) is 0.0175. The molecule has 0 fully saturated rings. The smallest absolute Gasteiger partial charge is 0.416 e. The van der Waals surface area contributed by atoms with Gasteiger partial charge in [-0.25, -0.2) is 0 Å². The third-order valence-electron chi connectivity index (χ3n) is 2.60. The summed E-state index contributed by atoms with van der Waals surface area (Å²) in [4.78, 5) is 0. The van der Waals surface area contributed by atoms with Gasteiger partial charge < -0.3 is 4.42 Å². The van der Waals surface area contributed by atoms with E-state index in [-0.39, 0.29) is 5.22 Å². The number of alkyl halides is 4. The maximum absolute atomic E-state index is 12.4. The van der Waals surface area contributed by atoms with Crippen LogP contribution < -0.4 is 0 Å². The van der Waals surface area contributed by atoms with Crippen LogP contribution in [0.4, 0.5) is 13.2 Å². The highest BCUT2D eigenvalue weighted by molar-refractivity contribution is 6.29. The summed E-state index contributed by atoms with van der Waals surface area (Å²) < 4.78 is 42.3. The Morgan fingerprint density at radius 2 is 1.68 bits per heavy atom. The molecule has 1 unspecified atom stereocenters. The molecule has 0 spiro atoms. The van der Waals surface area contributed by atoms with Gasteiger partial charge in [-0.3, -0.25) is 0 Å². The Labute approximate surface area is 117 Å². The highest BCUT2D eigenvalue weighted by Gasteiger charge is 2.30. The molecule has 2 rings (SSSR count). The zero-order valence-corrected chi connectivity index (χ0v) is 11.1. The minimum Gasteiger partial charge on any atom is -0.448 e. The fourth-order valence-corrected chi connectivity index (χ4v) is 2.08. The first-order valence-corrected chi connectivity index (χ1v) is 6.23. The van der Waals surface area contributed by atoms with Gasteiger partial charge in [0.1, 0.15) is 5.76 Å². The molecule has 0 saturated carbocycles. The van der Waals surface area contributed by atoms with Crippen molar-refractivity contribution < 1.29 is 17.6 Å². The lowest BCUT2D eigenvalue weighted by Crippen LogP contribution is -2.04. The Balaban J connectivity index is 2.07. The Morgan fingerprint density at radius 1 is 1.05 bits per heavy atom. The lowest BCUT2D eigenvalue weighted by Gasteiger charge is -2.09. The first-order chi connectivity index (χ1) is 8.86. The molecule has 0 radical (unpaired) electrons. The summed E-state index contributed by atoms with van der Waals surface area (Å²) in [6, 6.07) is 8.09. The van der Waals surface area contributed by atoms with Crippen molar-refractivity contribution in [1.29, 1.82) is 0 Å². The Morgan fingerprint density at radius 3 is 2.16 bits per heavy atom. The Bertz CT molecular complexity index is 546. The minimum absolute atomic E-state index is 0.230. The van der Waals surface area contributed by atoms with Crippen molar-refractivity contribution in [2.24, 2.45) is 0 Å². The number of furan rings is 1. The normalized spacial score (nSPS) is 13.5. The van der Waals surface area contributed by atoms with Crippen LogP contribution >= 0.6 is 23.2 Å². The van der Waals surface area contributed by atoms with Crippen molar-refractivity contribution in [3.8, 4) is 0 Å². The van der Waals surface area contributed by atoms with E-state index in [2.05, 4.69) is 0 Å². The molecule has 19 heavy (non-hydrogen) atoms. The van der Waals surface area contributed by atoms with Crippen LogP contribution in [-0.2, 0) is 12.6 Å². The van der Waals surface area contributed by atoms with Gasteiger partial charge in [0.2, 0.25) is 0 Å². The van der Waals surface area contributed by atoms with Gasteiger partial charge in [0.15, 0.2) is 5.22 Å². The van der Waals surface area contributed by atoms with E-state index in [1.807, 2.05) is 0 Å². The lowest BCUT2D eigenvalue weighted by atomic mass is 10.1. The maximum Gasteiger partial charge on any atom is 0.416 e. The van der Waals surface area contributed by atoms with Gasteiger partial charge in [-0.15, -0.1) is 11.6 Å². The number of rotatable bonds is 3. The van der Waals surface area contributed by atoms with E-state index in [1.165, 1.54) is 12.1 Å². The summed E-state index contributed by atoms with van der Waals surface area (Å²) in [5.74, 6) is 0.492. The van der Waals surface area contributed by atoms with Crippen LogP contribution in [0.25, 0.3) is 0 Å². The number of benzene rings is 1. The third kappa shape index (κ3) is 3.67. The maximum atomic E-state index is 12.4. The quantitative estimate of drug-likeness (QED) is 0.685. The Kier molecular flexibility index (Phi) is 4.11. The van der Waals surface area contributed by atoms with E-state index in [1.54, 1.807) is 12.1 Å². The molecule has 0 saturated heterocycles. The summed E-state index contributed by atoms with van der Waals surface area (Å²) in [6.45, 7) is 0.